The summed E-state index contributed by atoms with van der Waals surface area (Å²) in [4.78, 5) is 12.5. The van der Waals surface area contributed by atoms with Gasteiger partial charge < -0.3 is 5.32 Å². The number of pyridine rings is 2. The molecule has 4 rings (SSSR count). The van der Waals surface area contributed by atoms with Crippen molar-refractivity contribution in [1.82, 2.24) is 9.97 Å². The van der Waals surface area contributed by atoms with E-state index in [1.165, 1.54) is 11.1 Å². The SMILES string of the molecule is CCCCN=c1cccccc1[N-]c1c(C(C)C)cccc1C(C)C.[CH2-]c1ccccn1.[CH2-]c1ccccn1.[Sc]. The van der Waals surface area contributed by atoms with E-state index in [0.717, 1.165) is 47.5 Å². The normalized spacial score (nSPS) is 10.5. The van der Waals surface area contributed by atoms with Gasteiger partial charge in [0.05, 0.1) is 0 Å². The van der Waals surface area contributed by atoms with Gasteiger partial charge in [-0.15, -0.1) is 34.9 Å². The van der Waals surface area contributed by atoms with E-state index in [1.807, 2.05) is 54.6 Å². The van der Waals surface area contributed by atoms with E-state index >= 15 is 0 Å². The molecule has 0 unspecified atom stereocenters. The molecule has 0 saturated heterocycles. The van der Waals surface area contributed by atoms with Crippen molar-refractivity contribution in [3.05, 3.63) is 144 Å². The number of aromatic nitrogens is 2. The van der Waals surface area contributed by atoms with Crippen LogP contribution in [-0.4, -0.2) is 16.5 Å². The van der Waals surface area contributed by atoms with Crippen LogP contribution in [0.3, 0.4) is 0 Å². The summed E-state index contributed by atoms with van der Waals surface area (Å²) in [6, 6.07) is 28.1. The molecule has 5 heteroatoms. The first kappa shape index (κ1) is 34.8. The summed E-state index contributed by atoms with van der Waals surface area (Å²) in [6.07, 6.45) is 5.71. The van der Waals surface area contributed by atoms with E-state index in [1.54, 1.807) is 12.4 Å². The minimum absolute atomic E-state index is 0. The van der Waals surface area contributed by atoms with Crippen molar-refractivity contribution >= 4 is 11.4 Å². The summed E-state index contributed by atoms with van der Waals surface area (Å²) < 4.78 is 0. The monoisotopic (exact) mass is 564 g/mol. The van der Waals surface area contributed by atoms with Crippen LogP contribution in [0.4, 0.5) is 11.4 Å². The molecule has 0 bridgehead atoms. The summed E-state index contributed by atoms with van der Waals surface area (Å²) in [5, 5.41) is 6.09. The van der Waals surface area contributed by atoms with Gasteiger partial charge in [-0.25, -0.2) is 13.8 Å². The topological polar surface area (TPSA) is 52.2 Å². The van der Waals surface area contributed by atoms with Crippen molar-refractivity contribution in [2.45, 2.75) is 59.3 Å². The average Bonchev–Trinajstić information content (AvgIpc) is 3.15. The second kappa shape index (κ2) is 19.8. The van der Waals surface area contributed by atoms with Crippen LogP contribution in [0.5, 0.6) is 0 Å². The Hall–Kier alpha value is -3.18. The molecule has 40 heavy (non-hydrogen) atoms. The van der Waals surface area contributed by atoms with E-state index in [0.29, 0.717) is 11.8 Å². The standard InChI is InChI=1S/C23H31N2.2C6H6N.Sc/c1-6-7-16-24-21-14-9-8-10-15-22(21)25-23-19(17(2)3)12-11-13-20(23)18(4)5;2*1-6-4-2-3-5-7-6;/h8-15,17-18H,6-7,16H2,1-5H3;2*2-5H,1H2;/q3*-1;. The third-order valence-electron chi connectivity index (χ3n) is 5.81. The van der Waals surface area contributed by atoms with Crippen LogP contribution >= 0.6 is 0 Å². The van der Waals surface area contributed by atoms with Crippen LogP contribution in [0.25, 0.3) is 5.32 Å². The Morgan fingerprint density at radius 2 is 1.23 bits per heavy atom. The Morgan fingerprint density at radius 3 is 1.65 bits per heavy atom. The first-order valence-corrected chi connectivity index (χ1v) is 13.7. The molecule has 0 atom stereocenters. The second-order valence-corrected chi connectivity index (χ2v) is 9.76. The van der Waals surface area contributed by atoms with Gasteiger partial charge in [0, 0.05) is 50.1 Å². The minimum atomic E-state index is 0. The van der Waals surface area contributed by atoms with E-state index in [-0.39, 0.29) is 25.8 Å². The van der Waals surface area contributed by atoms with Crippen molar-refractivity contribution in [1.29, 1.82) is 0 Å². The zero-order valence-corrected chi connectivity index (χ0v) is 26.6. The number of unbranched alkanes of at least 4 members (excludes halogenated alkanes) is 1. The Balaban J connectivity index is 0.000000432. The molecule has 2 aromatic carbocycles. The molecule has 0 N–H and O–H groups in total. The summed E-state index contributed by atoms with van der Waals surface area (Å²) in [5.74, 6) is 0.880. The number of nitrogens with zero attached hydrogens (tertiary/aromatic N) is 4. The Labute approximate surface area is 261 Å². The van der Waals surface area contributed by atoms with Crippen molar-refractivity contribution < 1.29 is 25.8 Å². The van der Waals surface area contributed by atoms with Gasteiger partial charge >= 0.3 is 0 Å². The largest absolute Gasteiger partial charge is 0.656 e. The van der Waals surface area contributed by atoms with E-state index in [4.69, 9.17) is 10.3 Å². The maximum atomic E-state index is 5.11. The summed E-state index contributed by atoms with van der Waals surface area (Å²) in [6.45, 7) is 19.2. The fourth-order valence-corrected chi connectivity index (χ4v) is 3.67. The van der Waals surface area contributed by atoms with Crippen LogP contribution in [0, 0.1) is 13.8 Å². The van der Waals surface area contributed by atoms with E-state index in [2.05, 4.69) is 88.8 Å². The summed E-state index contributed by atoms with van der Waals surface area (Å²) in [7, 11) is 0. The number of benzene rings is 1. The molecule has 0 fully saturated rings. The Bertz CT molecular complexity index is 1230. The molecule has 0 amide bonds. The van der Waals surface area contributed by atoms with Gasteiger partial charge in [0.2, 0.25) is 0 Å². The number of hydrogen-bond acceptors (Lipinski definition) is 3. The number of para-hydroxylation sites is 1. The van der Waals surface area contributed by atoms with Gasteiger partial charge in [-0.3, -0.25) is 15.0 Å². The van der Waals surface area contributed by atoms with Gasteiger partial charge in [0.1, 0.15) is 0 Å². The van der Waals surface area contributed by atoms with Gasteiger partial charge in [-0.1, -0.05) is 107 Å². The molecule has 0 aliphatic rings. The maximum absolute atomic E-state index is 5.11. The van der Waals surface area contributed by atoms with Crippen LogP contribution < -0.4 is 5.36 Å². The number of rotatable bonds is 7. The average molecular weight is 565 g/mol. The Kier molecular flexibility index (Phi) is 17.3. The van der Waals surface area contributed by atoms with Gasteiger partial charge in [-0.2, -0.15) is 12.1 Å². The van der Waals surface area contributed by atoms with Crippen molar-refractivity contribution in [3.8, 4) is 0 Å². The van der Waals surface area contributed by atoms with Gasteiger partial charge in [0.15, 0.2) is 0 Å². The molecule has 0 aliphatic carbocycles. The molecule has 0 saturated carbocycles. The second-order valence-electron chi connectivity index (χ2n) is 9.76. The maximum Gasteiger partial charge on any atom is 0.0427 e. The molecule has 2 aromatic heterocycles. The Morgan fingerprint density at radius 1 is 0.700 bits per heavy atom. The molecule has 209 valence electrons. The third kappa shape index (κ3) is 12.8. The van der Waals surface area contributed by atoms with Crippen LogP contribution in [0.1, 0.15) is 81.8 Å². The first-order chi connectivity index (χ1) is 18.8. The molecule has 2 heterocycles. The molecular weight excluding hydrogens is 521 g/mol. The summed E-state index contributed by atoms with van der Waals surface area (Å²) in [5.41, 5.74) is 6.32. The first-order valence-electron chi connectivity index (χ1n) is 13.7. The third-order valence-corrected chi connectivity index (χ3v) is 5.81. The van der Waals surface area contributed by atoms with Crippen LogP contribution in [0.2, 0.25) is 0 Å². The van der Waals surface area contributed by atoms with Gasteiger partial charge in [-0.05, 0) is 24.3 Å². The smallest absolute Gasteiger partial charge is 0.0427 e. The molecule has 0 spiro atoms. The van der Waals surface area contributed by atoms with Crippen LogP contribution in [0.15, 0.2) is 102 Å². The molecule has 4 nitrogen and oxygen atoms in total. The fourth-order valence-electron chi connectivity index (χ4n) is 3.67. The van der Waals surface area contributed by atoms with Crippen molar-refractivity contribution in [2.75, 3.05) is 6.54 Å². The molecule has 1 radical (unpaired) electrons. The zero-order chi connectivity index (χ0) is 28.5. The predicted octanol–water partition coefficient (Wildman–Crippen LogP) is 9.50. The summed E-state index contributed by atoms with van der Waals surface area (Å²) >= 11 is 0. The van der Waals surface area contributed by atoms with E-state index in [9.17, 15) is 0 Å². The molecule has 4 aromatic rings. The molecular formula is C35H43N4Sc-3. The number of hydrogen-bond donors (Lipinski definition) is 0. The minimum Gasteiger partial charge on any atom is -0.656 e. The zero-order valence-electron chi connectivity index (χ0n) is 24.8. The van der Waals surface area contributed by atoms with Crippen molar-refractivity contribution in [2.24, 2.45) is 4.99 Å². The molecule has 0 aliphatic heterocycles. The van der Waals surface area contributed by atoms with E-state index < -0.39 is 0 Å². The van der Waals surface area contributed by atoms with Crippen LogP contribution in [-0.2, 0) is 25.8 Å². The van der Waals surface area contributed by atoms with Gasteiger partial charge in [0.25, 0.3) is 0 Å². The quantitative estimate of drug-likeness (QED) is 0.166. The fraction of sp³-hybridized carbons (Fsp3) is 0.286. The predicted molar refractivity (Wildman–Crippen MR) is 166 cm³/mol. The van der Waals surface area contributed by atoms with Crippen molar-refractivity contribution in [3.63, 3.8) is 0 Å².